The van der Waals surface area contributed by atoms with Crippen LogP contribution < -0.4 is 5.32 Å². The van der Waals surface area contributed by atoms with Crippen molar-refractivity contribution < 1.29 is 4.74 Å². The summed E-state index contributed by atoms with van der Waals surface area (Å²) in [4.78, 5) is 0. The van der Waals surface area contributed by atoms with Crippen LogP contribution in [0.2, 0.25) is 0 Å². The minimum atomic E-state index is 0.0645. The zero-order valence-corrected chi connectivity index (χ0v) is 12.9. The second kappa shape index (κ2) is 7.28. The van der Waals surface area contributed by atoms with Crippen LogP contribution in [0.25, 0.3) is 5.69 Å². The van der Waals surface area contributed by atoms with Crippen LogP contribution in [-0.2, 0) is 11.2 Å². The number of ether oxygens (including phenoxy) is 1. The van der Waals surface area contributed by atoms with Gasteiger partial charge < -0.3 is 10.1 Å². The molecule has 0 unspecified atom stereocenters. The normalized spacial score (nSPS) is 11.8. The van der Waals surface area contributed by atoms with E-state index in [-0.39, 0.29) is 5.41 Å². The molecule has 1 N–H and O–H groups in total. The zero-order valence-electron chi connectivity index (χ0n) is 12.9. The van der Waals surface area contributed by atoms with Crippen LogP contribution in [0.5, 0.6) is 0 Å². The molecule has 0 aliphatic rings. The average molecular weight is 289 g/mol. The minimum Gasteiger partial charge on any atom is -0.383 e. The van der Waals surface area contributed by atoms with E-state index in [4.69, 9.17) is 4.74 Å². The third-order valence-electron chi connectivity index (χ3n) is 3.26. The first-order valence-electron chi connectivity index (χ1n) is 7.15. The van der Waals surface area contributed by atoms with E-state index in [0.29, 0.717) is 0 Å². The van der Waals surface area contributed by atoms with Gasteiger partial charge in [-0.05, 0) is 28.0 Å². The lowest BCUT2D eigenvalue weighted by Crippen LogP contribution is -2.33. The number of rotatable bonds is 8. The highest BCUT2D eigenvalue weighted by Crippen LogP contribution is 2.20. The molecule has 2 aromatic rings. The summed E-state index contributed by atoms with van der Waals surface area (Å²) in [6, 6.07) is 9.96. The third-order valence-corrected chi connectivity index (χ3v) is 3.26. The predicted molar refractivity (Wildman–Crippen MR) is 81.4 cm³/mol. The molecule has 1 heterocycles. The molecular formula is C15H23N5O. The van der Waals surface area contributed by atoms with Crippen molar-refractivity contribution in [2.45, 2.75) is 20.3 Å². The fourth-order valence-corrected chi connectivity index (χ4v) is 2.18. The third kappa shape index (κ3) is 4.61. The van der Waals surface area contributed by atoms with Crippen molar-refractivity contribution in [3.8, 4) is 5.69 Å². The van der Waals surface area contributed by atoms with Crippen LogP contribution in [-0.4, -0.2) is 47.0 Å². The SMILES string of the molecule is COCCNCC(C)(C)Cc1nnnn1-c1ccccc1. The Balaban J connectivity index is 2.01. The lowest BCUT2D eigenvalue weighted by atomic mass is 9.89. The maximum Gasteiger partial charge on any atom is 0.157 e. The maximum atomic E-state index is 5.04. The molecule has 0 saturated carbocycles. The second-order valence-corrected chi connectivity index (χ2v) is 5.85. The molecule has 0 radical (unpaired) electrons. The highest BCUT2D eigenvalue weighted by atomic mass is 16.5. The number of benzene rings is 1. The summed E-state index contributed by atoms with van der Waals surface area (Å²) in [5, 5.41) is 15.5. The second-order valence-electron chi connectivity index (χ2n) is 5.85. The summed E-state index contributed by atoms with van der Waals surface area (Å²) in [6.45, 7) is 6.87. The quantitative estimate of drug-likeness (QED) is 0.745. The van der Waals surface area contributed by atoms with Crippen LogP contribution >= 0.6 is 0 Å². The van der Waals surface area contributed by atoms with Gasteiger partial charge in [0.05, 0.1) is 12.3 Å². The van der Waals surface area contributed by atoms with Crippen LogP contribution in [0.15, 0.2) is 30.3 Å². The van der Waals surface area contributed by atoms with Crippen molar-refractivity contribution in [3.63, 3.8) is 0 Å². The van der Waals surface area contributed by atoms with Gasteiger partial charge in [-0.3, -0.25) is 0 Å². The first kappa shape index (κ1) is 15.6. The van der Waals surface area contributed by atoms with Crippen LogP contribution in [0.4, 0.5) is 0 Å². The van der Waals surface area contributed by atoms with Crippen molar-refractivity contribution in [3.05, 3.63) is 36.2 Å². The average Bonchev–Trinajstić information content (AvgIpc) is 2.92. The molecule has 6 heteroatoms. The first-order chi connectivity index (χ1) is 10.1. The highest BCUT2D eigenvalue weighted by molar-refractivity contribution is 5.30. The van der Waals surface area contributed by atoms with E-state index in [1.807, 2.05) is 30.3 Å². The number of para-hydroxylation sites is 1. The summed E-state index contributed by atoms with van der Waals surface area (Å²) in [5.74, 6) is 0.875. The van der Waals surface area contributed by atoms with Crippen molar-refractivity contribution in [2.24, 2.45) is 5.41 Å². The first-order valence-corrected chi connectivity index (χ1v) is 7.15. The van der Waals surface area contributed by atoms with E-state index in [0.717, 1.165) is 37.6 Å². The van der Waals surface area contributed by atoms with E-state index >= 15 is 0 Å². The molecule has 0 amide bonds. The van der Waals surface area contributed by atoms with Crippen molar-refractivity contribution >= 4 is 0 Å². The Morgan fingerprint density at radius 1 is 1.24 bits per heavy atom. The molecule has 0 fully saturated rings. The fraction of sp³-hybridized carbons (Fsp3) is 0.533. The molecule has 2 rings (SSSR count). The molecule has 1 aromatic carbocycles. The lowest BCUT2D eigenvalue weighted by Gasteiger charge is -2.24. The maximum absolute atomic E-state index is 5.04. The van der Waals surface area contributed by atoms with Crippen LogP contribution in [0, 0.1) is 5.41 Å². The molecule has 0 aliphatic heterocycles. The van der Waals surface area contributed by atoms with Crippen LogP contribution in [0.1, 0.15) is 19.7 Å². The molecular weight excluding hydrogens is 266 g/mol. The molecule has 1 aromatic heterocycles. The van der Waals surface area contributed by atoms with Gasteiger partial charge in [0.25, 0.3) is 0 Å². The molecule has 6 nitrogen and oxygen atoms in total. The molecule has 114 valence electrons. The predicted octanol–water partition coefficient (Wildman–Crippen LogP) is 1.47. The number of hydrogen-bond acceptors (Lipinski definition) is 5. The molecule has 0 aliphatic carbocycles. The molecule has 21 heavy (non-hydrogen) atoms. The topological polar surface area (TPSA) is 64.9 Å². The molecule has 0 saturated heterocycles. The van der Waals surface area contributed by atoms with Crippen molar-refractivity contribution in [1.29, 1.82) is 0 Å². The Morgan fingerprint density at radius 3 is 2.71 bits per heavy atom. The number of methoxy groups -OCH3 is 1. The largest absolute Gasteiger partial charge is 0.383 e. The highest BCUT2D eigenvalue weighted by Gasteiger charge is 2.22. The smallest absolute Gasteiger partial charge is 0.157 e. The van der Waals surface area contributed by atoms with Gasteiger partial charge in [-0.1, -0.05) is 32.0 Å². The van der Waals surface area contributed by atoms with E-state index in [1.165, 1.54) is 0 Å². The van der Waals surface area contributed by atoms with E-state index in [2.05, 4.69) is 34.7 Å². The number of nitrogens with zero attached hydrogens (tertiary/aromatic N) is 4. The van der Waals surface area contributed by atoms with Gasteiger partial charge >= 0.3 is 0 Å². The summed E-state index contributed by atoms with van der Waals surface area (Å²) in [5.41, 5.74) is 1.05. The van der Waals surface area contributed by atoms with E-state index in [9.17, 15) is 0 Å². The fourth-order valence-electron chi connectivity index (χ4n) is 2.18. The Kier molecular flexibility index (Phi) is 5.41. The monoisotopic (exact) mass is 289 g/mol. The van der Waals surface area contributed by atoms with Crippen molar-refractivity contribution in [2.75, 3.05) is 26.8 Å². The Labute approximate surface area is 125 Å². The van der Waals surface area contributed by atoms with Gasteiger partial charge in [0.1, 0.15) is 0 Å². The van der Waals surface area contributed by atoms with E-state index < -0.39 is 0 Å². The number of nitrogens with one attached hydrogen (secondary N) is 1. The Hall–Kier alpha value is -1.79. The summed E-state index contributed by atoms with van der Waals surface area (Å²) in [7, 11) is 1.71. The lowest BCUT2D eigenvalue weighted by molar-refractivity contribution is 0.193. The Morgan fingerprint density at radius 2 is 2.00 bits per heavy atom. The van der Waals surface area contributed by atoms with Gasteiger partial charge in [0.2, 0.25) is 0 Å². The number of aromatic nitrogens is 4. The van der Waals surface area contributed by atoms with Gasteiger partial charge in [0, 0.05) is 26.6 Å². The molecule has 0 spiro atoms. The van der Waals surface area contributed by atoms with Gasteiger partial charge in [0.15, 0.2) is 5.82 Å². The molecule has 0 atom stereocenters. The minimum absolute atomic E-state index is 0.0645. The zero-order chi connectivity index (χ0) is 15.1. The standard InChI is InChI=1S/C15H23N5O/c1-15(2,12-16-9-10-21-3)11-14-17-18-19-20(14)13-7-5-4-6-8-13/h4-8,16H,9-12H2,1-3H3. The Bertz CT molecular complexity index is 538. The summed E-state index contributed by atoms with van der Waals surface area (Å²) < 4.78 is 6.84. The van der Waals surface area contributed by atoms with Gasteiger partial charge in [-0.15, -0.1) is 5.10 Å². The summed E-state index contributed by atoms with van der Waals surface area (Å²) in [6.07, 6.45) is 0.800. The summed E-state index contributed by atoms with van der Waals surface area (Å²) >= 11 is 0. The van der Waals surface area contributed by atoms with Gasteiger partial charge in [-0.2, -0.15) is 4.68 Å². The van der Waals surface area contributed by atoms with Gasteiger partial charge in [-0.25, -0.2) is 0 Å². The van der Waals surface area contributed by atoms with Crippen molar-refractivity contribution in [1.82, 2.24) is 25.5 Å². The number of tetrazole rings is 1. The van der Waals surface area contributed by atoms with E-state index in [1.54, 1.807) is 11.8 Å². The molecule has 0 bridgehead atoms. The van der Waals surface area contributed by atoms with Crippen LogP contribution in [0.3, 0.4) is 0 Å². The number of hydrogen-bond donors (Lipinski definition) is 1.